The highest BCUT2D eigenvalue weighted by Gasteiger charge is 2.24. The molecule has 0 saturated carbocycles. The lowest BCUT2D eigenvalue weighted by Crippen LogP contribution is -2.04. The topological polar surface area (TPSA) is 62.4 Å². The van der Waals surface area contributed by atoms with E-state index in [9.17, 15) is 10.5 Å². The maximum atomic E-state index is 11.1. The fraction of sp³-hybridized carbons (Fsp3) is 0. The Morgan fingerprint density at radius 3 is 1.59 bits per heavy atom. The number of nitrogens with zero attached hydrogens (tertiary/aromatic N) is 5. The molecule has 0 spiro atoms. The zero-order chi connectivity index (χ0) is 39.2. The second-order valence-corrected chi connectivity index (χ2v) is 15.1. The summed E-state index contributed by atoms with van der Waals surface area (Å²) in [5.41, 5.74) is 11.7. The summed E-state index contributed by atoms with van der Waals surface area (Å²) in [5, 5.41) is 31.1. The Bertz CT molecular complexity index is 3790. The Morgan fingerprint density at radius 1 is 0.339 bits per heavy atom. The molecule has 12 rings (SSSR count). The van der Waals surface area contributed by atoms with Gasteiger partial charge in [0, 0.05) is 38.0 Å². The normalized spacial score (nSPS) is 11.7. The number of fused-ring (bicyclic) bond motifs is 12. The molecule has 0 aliphatic rings. The van der Waals surface area contributed by atoms with E-state index in [0.717, 1.165) is 87.6 Å². The van der Waals surface area contributed by atoms with E-state index in [-0.39, 0.29) is 0 Å². The van der Waals surface area contributed by atoms with E-state index in [1.54, 1.807) is 0 Å². The summed E-state index contributed by atoms with van der Waals surface area (Å²) < 4.78 is 6.70. The molecule has 0 amide bonds. The van der Waals surface area contributed by atoms with Gasteiger partial charge in [0.1, 0.15) is 12.1 Å². The molecule has 0 radical (unpaired) electrons. The molecule has 272 valence electrons. The quantitative estimate of drug-likeness (QED) is 0.180. The van der Waals surface area contributed by atoms with Gasteiger partial charge in [-0.15, -0.1) is 0 Å². The fourth-order valence-electron chi connectivity index (χ4n) is 9.60. The molecule has 12 aromatic rings. The van der Waals surface area contributed by atoms with E-state index in [4.69, 9.17) is 0 Å². The van der Waals surface area contributed by atoms with Crippen molar-refractivity contribution in [3.05, 3.63) is 199 Å². The molecule has 0 N–H and O–H groups in total. The molecule has 0 fully saturated rings. The van der Waals surface area contributed by atoms with Gasteiger partial charge in [-0.05, 0) is 82.6 Å². The number of nitriles is 2. The van der Waals surface area contributed by atoms with Crippen LogP contribution in [0.5, 0.6) is 0 Å². The molecule has 9 aromatic carbocycles. The number of aromatic nitrogens is 3. The molecule has 0 aliphatic carbocycles. The molecular formula is C54H31N5. The Kier molecular flexibility index (Phi) is 6.99. The minimum atomic E-state index is 0.474. The second kappa shape index (κ2) is 12.6. The van der Waals surface area contributed by atoms with E-state index < -0.39 is 0 Å². The van der Waals surface area contributed by atoms with Crippen LogP contribution in [-0.2, 0) is 0 Å². The standard InChI is InChI=1S/C54H31N5/c55-32-37-31-51(59-47-26-24-36(34-13-3-1-4-14-34)29-44(47)52-40-18-8-7-15-35(40)23-27-48(52)59)38(33-56)30-50(37)58-46-22-12-10-20-43(46)53-49(58)28-25-42-41-19-9-11-21-45(41)57(54(42)53)39-16-5-2-6-17-39/h1-31H. The highest BCUT2D eigenvalue weighted by Crippen LogP contribution is 2.44. The molecule has 0 bridgehead atoms. The van der Waals surface area contributed by atoms with Gasteiger partial charge in [-0.1, -0.05) is 127 Å². The lowest BCUT2D eigenvalue weighted by molar-refractivity contribution is 1.12. The molecule has 0 aliphatic heterocycles. The van der Waals surface area contributed by atoms with Crippen molar-refractivity contribution >= 4 is 76.2 Å². The van der Waals surface area contributed by atoms with Gasteiger partial charge in [0.2, 0.25) is 0 Å². The first-order chi connectivity index (χ1) is 29.2. The Hall–Kier alpha value is -8.38. The first kappa shape index (κ1) is 32.8. The zero-order valence-corrected chi connectivity index (χ0v) is 31.6. The van der Waals surface area contributed by atoms with Crippen LogP contribution in [-0.4, -0.2) is 13.7 Å². The van der Waals surface area contributed by atoms with E-state index >= 15 is 0 Å². The van der Waals surface area contributed by atoms with Crippen LogP contribution in [0.25, 0.3) is 104 Å². The minimum absolute atomic E-state index is 0.474. The first-order valence-electron chi connectivity index (χ1n) is 19.7. The third kappa shape index (κ3) is 4.65. The van der Waals surface area contributed by atoms with Crippen molar-refractivity contribution in [3.8, 4) is 40.3 Å². The van der Waals surface area contributed by atoms with Crippen LogP contribution in [0.15, 0.2) is 188 Å². The number of hydrogen-bond donors (Lipinski definition) is 0. The Labute approximate surface area is 338 Å². The Morgan fingerprint density at radius 2 is 0.881 bits per heavy atom. The third-order valence-electron chi connectivity index (χ3n) is 12.1. The molecular weight excluding hydrogens is 719 g/mol. The van der Waals surface area contributed by atoms with Crippen molar-refractivity contribution in [1.82, 2.24) is 13.7 Å². The number of para-hydroxylation sites is 3. The monoisotopic (exact) mass is 749 g/mol. The van der Waals surface area contributed by atoms with Crippen LogP contribution >= 0.6 is 0 Å². The van der Waals surface area contributed by atoms with Gasteiger partial charge in [0.15, 0.2) is 0 Å². The minimum Gasteiger partial charge on any atom is -0.309 e. The van der Waals surface area contributed by atoms with Crippen molar-refractivity contribution in [2.24, 2.45) is 0 Å². The van der Waals surface area contributed by atoms with Crippen molar-refractivity contribution in [2.75, 3.05) is 0 Å². The van der Waals surface area contributed by atoms with Crippen LogP contribution in [0.4, 0.5) is 0 Å². The molecule has 5 nitrogen and oxygen atoms in total. The van der Waals surface area contributed by atoms with Crippen LogP contribution < -0.4 is 0 Å². The lowest BCUT2D eigenvalue weighted by Gasteiger charge is -2.16. The van der Waals surface area contributed by atoms with Crippen LogP contribution in [0.2, 0.25) is 0 Å². The molecule has 5 heteroatoms. The summed E-state index contributed by atoms with van der Waals surface area (Å²) in [6.07, 6.45) is 0. The van der Waals surface area contributed by atoms with Crippen molar-refractivity contribution in [2.45, 2.75) is 0 Å². The molecule has 0 saturated heterocycles. The summed E-state index contributed by atoms with van der Waals surface area (Å²) >= 11 is 0. The van der Waals surface area contributed by atoms with E-state index in [1.807, 2.05) is 30.3 Å². The lowest BCUT2D eigenvalue weighted by atomic mass is 10.0. The van der Waals surface area contributed by atoms with Gasteiger partial charge in [0.25, 0.3) is 0 Å². The van der Waals surface area contributed by atoms with Crippen molar-refractivity contribution in [3.63, 3.8) is 0 Å². The van der Waals surface area contributed by atoms with Crippen LogP contribution in [0.1, 0.15) is 11.1 Å². The van der Waals surface area contributed by atoms with Gasteiger partial charge in [0.05, 0.1) is 55.6 Å². The average molecular weight is 750 g/mol. The van der Waals surface area contributed by atoms with E-state index in [2.05, 4.69) is 184 Å². The highest BCUT2D eigenvalue weighted by atomic mass is 15.0. The molecule has 3 heterocycles. The fourth-order valence-corrected chi connectivity index (χ4v) is 9.60. The smallest absolute Gasteiger partial charge is 0.101 e. The summed E-state index contributed by atoms with van der Waals surface area (Å²) in [6.45, 7) is 0. The number of benzene rings is 9. The molecule has 0 atom stereocenters. The number of rotatable bonds is 4. The van der Waals surface area contributed by atoms with Gasteiger partial charge in [-0.3, -0.25) is 0 Å². The predicted molar refractivity (Wildman–Crippen MR) is 242 cm³/mol. The van der Waals surface area contributed by atoms with E-state index in [1.165, 1.54) is 5.39 Å². The average Bonchev–Trinajstić information content (AvgIpc) is 3.94. The molecule has 3 aromatic heterocycles. The number of hydrogen-bond acceptors (Lipinski definition) is 2. The second-order valence-electron chi connectivity index (χ2n) is 15.1. The summed E-state index contributed by atoms with van der Waals surface area (Å²) in [5.74, 6) is 0. The zero-order valence-electron chi connectivity index (χ0n) is 31.6. The van der Waals surface area contributed by atoms with E-state index in [0.29, 0.717) is 22.5 Å². The highest BCUT2D eigenvalue weighted by molar-refractivity contribution is 6.26. The van der Waals surface area contributed by atoms with Crippen LogP contribution in [0.3, 0.4) is 0 Å². The summed E-state index contributed by atoms with van der Waals surface area (Å²) in [6, 6.07) is 70.5. The SMILES string of the molecule is N#Cc1cc(-n2c3ccccc3c3c2ccc2c4ccccc4n(-c4ccccc4)c23)c(C#N)cc1-n1c2ccc(-c3ccccc3)cc2c2c3ccccc3ccc21. The molecule has 0 unspecified atom stereocenters. The molecule has 59 heavy (non-hydrogen) atoms. The Balaban J connectivity index is 1.16. The van der Waals surface area contributed by atoms with Crippen LogP contribution in [0, 0.1) is 22.7 Å². The van der Waals surface area contributed by atoms with Gasteiger partial charge in [-0.25, -0.2) is 0 Å². The van der Waals surface area contributed by atoms with Crippen molar-refractivity contribution < 1.29 is 0 Å². The van der Waals surface area contributed by atoms with Gasteiger partial charge < -0.3 is 13.7 Å². The van der Waals surface area contributed by atoms with Gasteiger partial charge >= 0.3 is 0 Å². The maximum absolute atomic E-state index is 11.1. The first-order valence-corrected chi connectivity index (χ1v) is 19.7. The maximum Gasteiger partial charge on any atom is 0.101 e. The third-order valence-corrected chi connectivity index (χ3v) is 12.1. The summed E-state index contributed by atoms with van der Waals surface area (Å²) in [7, 11) is 0. The predicted octanol–water partition coefficient (Wildman–Crippen LogP) is 13.5. The largest absolute Gasteiger partial charge is 0.309 e. The summed E-state index contributed by atoms with van der Waals surface area (Å²) in [4.78, 5) is 0. The van der Waals surface area contributed by atoms with Crippen molar-refractivity contribution in [1.29, 1.82) is 10.5 Å². The van der Waals surface area contributed by atoms with Gasteiger partial charge in [-0.2, -0.15) is 10.5 Å².